The van der Waals surface area contributed by atoms with Crippen molar-refractivity contribution in [2.45, 2.75) is 19.9 Å². The van der Waals surface area contributed by atoms with Gasteiger partial charge in [-0.25, -0.2) is 4.98 Å². The fraction of sp³-hybridized carbons (Fsp3) is 0.267. The molecule has 0 aliphatic carbocycles. The van der Waals surface area contributed by atoms with E-state index in [0.717, 1.165) is 12.1 Å². The van der Waals surface area contributed by atoms with Gasteiger partial charge in [0.1, 0.15) is 5.82 Å². The predicted molar refractivity (Wildman–Crippen MR) is 83.5 cm³/mol. The summed E-state index contributed by atoms with van der Waals surface area (Å²) in [5, 5.41) is 6.29. The summed E-state index contributed by atoms with van der Waals surface area (Å²) in [5.74, 6) is 0.388. The van der Waals surface area contributed by atoms with Gasteiger partial charge in [0.15, 0.2) is 0 Å². The first-order valence-electron chi connectivity index (χ1n) is 6.72. The molecule has 0 aromatic carbocycles. The van der Waals surface area contributed by atoms with Gasteiger partial charge >= 0.3 is 0 Å². The first-order chi connectivity index (χ1) is 10.1. The van der Waals surface area contributed by atoms with Crippen LogP contribution in [-0.4, -0.2) is 22.4 Å². The van der Waals surface area contributed by atoms with Crippen LogP contribution in [0, 0.1) is 0 Å². The highest BCUT2D eigenvalue weighted by atomic mass is 35.5. The molecule has 110 valence electrons. The maximum absolute atomic E-state index is 12.3. The average molecular weight is 305 g/mol. The molecule has 21 heavy (non-hydrogen) atoms. The molecule has 5 nitrogen and oxygen atoms in total. The SMILES string of the molecule is CCNc1cc(C(=O)NC(C)c2cccnc2)c(Cl)cn1. The third kappa shape index (κ3) is 3.92. The smallest absolute Gasteiger partial charge is 0.253 e. The second-order valence-corrected chi connectivity index (χ2v) is 4.97. The molecule has 0 saturated carbocycles. The zero-order valence-electron chi connectivity index (χ0n) is 11.9. The van der Waals surface area contributed by atoms with E-state index in [1.807, 2.05) is 26.0 Å². The van der Waals surface area contributed by atoms with Crippen molar-refractivity contribution < 1.29 is 4.79 Å². The Kier molecular flexibility index (Phi) is 5.11. The fourth-order valence-electron chi connectivity index (χ4n) is 1.88. The van der Waals surface area contributed by atoms with Gasteiger partial charge < -0.3 is 10.6 Å². The van der Waals surface area contributed by atoms with Crippen molar-refractivity contribution in [1.29, 1.82) is 0 Å². The molecule has 2 N–H and O–H groups in total. The molecule has 1 amide bonds. The molecule has 0 saturated heterocycles. The minimum absolute atomic E-state index is 0.155. The van der Waals surface area contributed by atoms with Crippen molar-refractivity contribution in [2.75, 3.05) is 11.9 Å². The number of pyridine rings is 2. The second-order valence-electron chi connectivity index (χ2n) is 4.56. The highest BCUT2D eigenvalue weighted by Gasteiger charge is 2.15. The van der Waals surface area contributed by atoms with Gasteiger partial charge in [-0.2, -0.15) is 0 Å². The van der Waals surface area contributed by atoms with Crippen molar-refractivity contribution in [1.82, 2.24) is 15.3 Å². The third-order valence-electron chi connectivity index (χ3n) is 2.99. The molecule has 2 aromatic rings. The maximum atomic E-state index is 12.3. The van der Waals surface area contributed by atoms with Crippen LogP contribution >= 0.6 is 11.6 Å². The minimum atomic E-state index is -0.238. The molecule has 0 radical (unpaired) electrons. The summed E-state index contributed by atoms with van der Waals surface area (Å²) in [4.78, 5) is 20.5. The number of nitrogens with one attached hydrogen (secondary N) is 2. The zero-order chi connectivity index (χ0) is 15.2. The topological polar surface area (TPSA) is 66.9 Å². The average Bonchev–Trinajstić information content (AvgIpc) is 2.50. The van der Waals surface area contributed by atoms with Gasteiger partial charge in [-0.3, -0.25) is 9.78 Å². The largest absolute Gasteiger partial charge is 0.370 e. The molecule has 6 heteroatoms. The summed E-state index contributed by atoms with van der Waals surface area (Å²) in [7, 11) is 0. The molecule has 0 fully saturated rings. The van der Waals surface area contributed by atoms with Crippen molar-refractivity contribution in [3.8, 4) is 0 Å². The minimum Gasteiger partial charge on any atom is -0.370 e. The number of hydrogen-bond donors (Lipinski definition) is 2. The molecule has 2 rings (SSSR count). The Balaban J connectivity index is 2.14. The van der Waals surface area contributed by atoms with Crippen molar-refractivity contribution >= 4 is 23.3 Å². The molecule has 1 unspecified atom stereocenters. The zero-order valence-corrected chi connectivity index (χ0v) is 12.7. The molecule has 2 aromatic heterocycles. The maximum Gasteiger partial charge on any atom is 0.253 e. The van der Waals surface area contributed by atoms with Gasteiger partial charge in [0.05, 0.1) is 16.6 Å². The Bertz CT molecular complexity index is 618. The Morgan fingerprint density at radius 2 is 2.24 bits per heavy atom. The third-order valence-corrected chi connectivity index (χ3v) is 3.29. The lowest BCUT2D eigenvalue weighted by Gasteiger charge is -2.15. The number of halogens is 1. The van der Waals surface area contributed by atoms with E-state index in [2.05, 4.69) is 20.6 Å². The first-order valence-corrected chi connectivity index (χ1v) is 7.09. The van der Waals surface area contributed by atoms with E-state index in [4.69, 9.17) is 11.6 Å². The second kappa shape index (κ2) is 7.04. The van der Waals surface area contributed by atoms with Gasteiger partial charge in [-0.15, -0.1) is 0 Å². The van der Waals surface area contributed by atoms with E-state index < -0.39 is 0 Å². The van der Waals surface area contributed by atoms with E-state index in [9.17, 15) is 4.79 Å². The predicted octanol–water partition coefficient (Wildman–Crippen LogP) is 3.05. The molecule has 2 heterocycles. The summed E-state index contributed by atoms with van der Waals surface area (Å²) >= 11 is 6.06. The van der Waals surface area contributed by atoms with Crippen LogP contribution in [0.15, 0.2) is 36.8 Å². The lowest BCUT2D eigenvalue weighted by Crippen LogP contribution is -2.27. The van der Waals surface area contributed by atoms with Gasteiger partial charge in [-0.1, -0.05) is 17.7 Å². The highest BCUT2D eigenvalue weighted by Crippen LogP contribution is 2.19. The summed E-state index contributed by atoms with van der Waals surface area (Å²) in [6, 6.07) is 5.24. The lowest BCUT2D eigenvalue weighted by molar-refractivity contribution is 0.0940. The normalized spacial score (nSPS) is 11.8. The quantitative estimate of drug-likeness (QED) is 0.891. The van der Waals surface area contributed by atoms with Crippen LogP contribution < -0.4 is 10.6 Å². The number of anilines is 1. The number of amides is 1. The van der Waals surface area contributed by atoms with Gasteiger partial charge in [0, 0.05) is 25.1 Å². The number of carbonyl (C=O) groups is 1. The molecular weight excluding hydrogens is 288 g/mol. The highest BCUT2D eigenvalue weighted by molar-refractivity contribution is 6.33. The first kappa shape index (κ1) is 15.3. The summed E-state index contributed by atoms with van der Waals surface area (Å²) in [5.41, 5.74) is 1.33. The number of aromatic nitrogens is 2. The Labute approximate surface area is 128 Å². The lowest BCUT2D eigenvalue weighted by atomic mass is 10.1. The van der Waals surface area contributed by atoms with Gasteiger partial charge in [0.25, 0.3) is 5.91 Å². The van der Waals surface area contributed by atoms with Crippen LogP contribution in [0.2, 0.25) is 5.02 Å². The van der Waals surface area contributed by atoms with Gasteiger partial charge in [0.2, 0.25) is 0 Å². The monoisotopic (exact) mass is 304 g/mol. The van der Waals surface area contributed by atoms with Crippen LogP contribution in [0.1, 0.15) is 35.8 Å². The number of rotatable bonds is 5. The van der Waals surface area contributed by atoms with Crippen LogP contribution in [0.3, 0.4) is 0 Å². The molecular formula is C15H17ClN4O. The van der Waals surface area contributed by atoms with Crippen LogP contribution in [0.25, 0.3) is 0 Å². The van der Waals surface area contributed by atoms with E-state index in [-0.39, 0.29) is 11.9 Å². The Morgan fingerprint density at radius 3 is 2.90 bits per heavy atom. The van der Waals surface area contributed by atoms with E-state index in [1.165, 1.54) is 6.20 Å². The molecule has 1 atom stereocenters. The number of carbonyl (C=O) groups excluding carboxylic acids is 1. The summed E-state index contributed by atoms with van der Waals surface area (Å²) < 4.78 is 0. The summed E-state index contributed by atoms with van der Waals surface area (Å²) in [6.45, 7) is 4.58. The van der Waals surface area contributed by atoms with E-state index >= 15 is 0 Å². The van der Waals surface area contributed by atoms with Crippen LogP contribution in [0.4, 0.5) is 5.82 Å². The number of nitrogens with zero attached hydrogens (tertiary/aromatic N) is 2. The molecule has 0 aliphatic rings. The van der Waals surface area contributed by atoms with E-state index in [1.54, 1.807) is 18.5 Å². The van der Waals surface area contributed by atoms with Gasteiger partial charge in [-0.05, 0) is 31.5 Å². The van der Waals surface area contributed by atoms with Crippen LogP contribution in [-0.2, 0) is 0 Å². The molecule has 0 spiro atoms. The number of hydrogen-bond acceptors (Lipinski definition) is 4. The van der Waals surface area contributed by atoms with E-state index in [0.29, 0.717) is 16.4 Å². The Hall–Kier alpha value is -2.14. The van der Waals surface area contributed by atoms with Crippen LogP contribution in [0.5, 0.6) is 0 Å². The summed E-state index contributed by atoms with van der Waals surface area (Å²) in [6.07, 6.45) is 4.90. The van der Waals surface area contributed by atoms with Crippen molar-refractivity contribution in [2.24, 2.45) is 0 Å². The Morgan fingerprint density at radius 1 is 1.43 bits per heavy atom. The standard InChI is InChI=1S/C15H17ClN4O/c1-3-18-14-7-12(13(16)9-19-14)15(21)20-10(2)11-5-4-6-17-8-11/h4-10H,3H2,1-2H3,(H,18,19)(H,20,21). The molecule has 0 bridgehead atoms. The fourth-order valence-corrected chi connectivity index (χ4v) is 2.07. The molecule has 0 aliphatic heterocycles. The van der Waals surface area contributed by atoms with Crippen molar-refractivity contribution in [3.63, 3.8) is 0 Å². The van der Waals surface area contributed by atoms with Crippen molar-refractivity contribution in [3.05, 3.63) is 52.9 Å².